The van der Waals surface area contributed by atoms with Crippen LogP contribution in [0.4, 0.5) is 0 Å². The van der Waals surface area contributed by atoms with Crippen molar-refractivity contribution >= 4 is 9.84 Å². The highest BCUT2D eigenvalue weighted by atomic mass is 32.2. The van der Waals surface area contributed by atoms with Gasteiger partial charge in [0.05, 0.1) is 10.9 Å². The zero-order valence-corrected chi connectivity index (χ0v) is 13.4. The molecule has 1 fully saturated rings. The first-order valence-electron chi connectivity index (χ1n) is 7.91. The predicted octanol–water partition coefficient (Wildman–Crippen LogP) is 2.81. The van der Waals surface area contributed by atoms with Crippen molar-refractivity contribution < 1.29 is 13.5 Å². The minimum atomic E-state index is -3.01. The molecule has 21 heavy (non-hydrogen) atoms. The van der Waals surface area contributed by atoms with Crippen molar-refractivity contribution in [3.05, 3.63) is 35.4 Å². The molecule has 2 aliphatic rings. The van der Waals surface area contributed by atoms with Gasteiger partial charge < -0.3 is 5.11 Å². The lowest BCUT2D eigenvalue weighted by Crippen LogP contribution is -2.43. The standard InChI is InChI=1S/C17H24O3S/c1-21(19,20)15-9-4-8-14(12-15)17(18)11-5-7-13-6-2-3-10-16(13)17/h2-3,6,10,14-15,18H,4-5,7-9,11-12H2,1H3. The summed E-state index contributed by atoms with van der Waals surface area (Å²) in [5.41, 5.74) is 1.43. The van der Waals surface area contributed by atoms with E-state index in [1.165, 1.54) is 11.8 Å². The van der Waals surface area contributed by atoms with Crippen molar-refractivity contribution in [1.82, 2.24) is 0 Å². The average molecular weight is 308 g/mol. The number of benzene rings is 1. The Hall–Kier alpha value is -0.870. The van der Waals surface area contributed by atoms with Crippen molar-refractivity contribution in [1.29, 1.82) is 0 Å². The van der Waals surface area contributed by atoms with Gasteiger partial charge >= 0.3 is 0 Å². The second-order valence-corrected chi connectivity index (χ2v) is 9.08. The fourth-order valence-electron chi connectivity index (χ4n) is 4.24. The van der Waals surface area contributed by atoms with E-state index in [2.05, 4.69) is 6.07 Å². The van der Waals surface area contributed by atoms with Crippen LogP contribution in [0, 0.1) is 5.92 Å². The molecular weight excluding hydrogens is 284 g/mol. The zero-order chi connectivity index (χ0) is 15.1. The number of sulfone groups is 1. The summed E-state index contributed by atoms with van der Waals surface area (Å²) in [5.74, 6) is 0.0624. The molecule has 0 heterocycles. The Balaban J connectivity index is 1.93. The largest absolute Gasteiger partial charge is 0.385 e. The molecule has 1 aromatic rings. The second kappa shape index (κ2) is 5.40. The molecule has 4 heteroatoms. The molecule has 2 aliphatic carbocycles. The van der Waals surface area contributed by atoms with E-state index in [9.17, 15) is 13.5 Å². The Morgan fingerprint density at radius 3 is 2.71 bits per heavy atom. The van der Waals surface area contributed by atoms with E-state index >= 15 is 0 Å². The van der Waals surface area contributed by atoms with Crippen LogP contribution in [0.25, 0.3) is 0 Å². The van der Waals surface area contributed by atoms with Crippen LogP contribution in [-0.4, -0.2) is 25.0 Å². The molecular formula is C17H24O3S. The van der Waals surface area contributed by atoms with Gasteiger partial charge in [0.1, 0.15) is 9.84 Å². The van der Waals surface area contributed by atoms with Gasteiger partial charge in [0.15, 0.2) is 0 Å². The zero-order valence-electron chi connectivity index (χ0n) is 12.6. The van der Waals surface area contributed by atoms with Crippen LogP contribution >= 0.6 is 0 Å². The Morgan fingerprint density at radius 1 is 1.19 bits per heavy atom. The minimum absolute atomic E-state index is 0.0624. The molecule has 116 valence electrons. The molecule has 3 atom stereocenters. The summed E-state index contributed by atoms with van der Waals surface area (Å²) in [5, 5.41) is 11.1. The first kappa shape index (κ1) is 15.0. The molecule has 0 saturated heterocycles. The normalized spacial score (nSPS) is 33.4. The van der Waals surface area contributed by atoms with E-state index < -0.39 is 15.4 Å². The minimum Gasteiger partial charge on any atom is -0.385 e. The summed E-state index contributed by atoms with van der Waals surface area (Å²) >= 11 is 0. The van der Waals surface area contributed by atoms with Crippen molar-refractivity contribution in [2.24, 2.45) is 5.92 Å². The quantitative estimate of drug-likeness (QED) is 0.914. The van der Waals surface area contributed by atoms with Crippen LogP contribution in [-0.2, 0) is 21.9 Å². The molecule has 3 unspecified atom stereocenters. The molecule has 0 radical (unpaired) electrons. The smallest absolute Gasteiger partial charge is 0.150 e. The van der Waals surface area contributed by atoms with Gasteiger partial charge in [-0.2, -0.15) is 0 Å². The van der Waals surface area contributed by atoms with Crippen LogP contribution in [0.5, 0.6) is 0 Å². The highest BCUT2D eigenvalue weighted by Crippen LogP contribution is 2.47. The molecule has 1 aromatic carbocycles. The third kappa shape index (κ3) is 2.76. The Labute approximate surface area is 127 Å². The number of fused-ring (bicyclic) bond motifs is 1. The topological polar surface area (TPSA) is 54.4 Å². The maximum absolute atomic E-state index is 11.9. The maximum Gasteiger partial charge on any atom is 0.150 e. The SMILES string of the molecule is CS(=O)(=O)C1CCCC(C2(O)CCCc3ccccc32)C1. The van der Waals surface area contributed by atoms with E-state index in [1.807, 2.05) is 18.2 Å². The van der Waals surface area contributed by atoms with Crippen LogP contribution in [0.2, 0.25) is 0 Å². The summed E-state index contributed by atoms with van der Waals surface area (Å²) in [6.45, 7) is 0. The van der Waals surface area contributed by atoms with Crippen molar-refractivity contribution in [3.8, 4) is 0 Å². The lowest BCUT2D eigenvalue weighted by Gasteiger charge is -2.44. The fraction of sp³-hybridized carbons (Fsp3) is 0.647. The molecule has 1 N–H and O–H groups in total. The lowest BCUT2D eigenvalue weighted by molar-refractivity contribution is -0.0521. The van der Waals surface area contributed by atoms with Crippen LogP contribution < -0.4 is 0 Å². The number of hydrogen-bond acceptors (Lipinski definition) is 3. The van der Waals surface area contributed by atoms with Crippen molar-refractivity contribution in [2.45, 2.75) is 55.8 Å². The monoisotopic (exact) mass is 308 g/mol. The Kier molecular flexibility index (Phi) is 3.87. The van der Waals surface area contributed by atoms with Gasteiger partial charge in [-0.3, -0.25) is 0 Å². The summed E-state index contributed by atoms with van der Waals surface area (Å²) < 4.78 is 23.8. The van der Waals surface area contributed by atoms with Crippen LogP contribution in [0.3, 0.4) is 0 Å². The molecule has 3 rings (SSSR count). The third-order valence-corrected chi connectivity index (χ3v) is 7.03. The number of aliphatic hydroxyl groups is 1. The number of aryl methyl sites for hydroxylation is 1. The molecule has 1 saturated carbocycles. The van der Waals surface area contributed by atoms with Crippen molar-refractivity contribution in [2.75, 3.05) is 6.26 Å². The van der Waals surface area contributed by atoms with Crippen molar-refractivity contribution in [3.63, 3.8) is 0 Å². The number of hydrogen-bond donors (Lipinski definition) is 1. The van der Waals surface area contributed by atoms with Gasteiger partial charge in [0.2, 0.25) is 0 Å². The molecule has 3 nitrogen and oxygen atoms in total. The van der Waals surface area contributed by atoms with E-state index in [-0.39, 0.29) is 11.2 Å². The first-order valence-corrected chi connectivity index (χ1v) is 9.86. The first-order chi connectivity index (χ1) is 9.91. The number of rotatable bonds is 2. The summed E-state index contributed by atoms with van der Waals surface area (Å²) in [7, 11) is -3.01. The maximum atomic E-state index is 11.9. The lowest BCUT2D eigenvalue weighted by atomic mass is 9.67. The van der Waals surface area contributed by atoms with Gasteiger partial charge in [0.25, 0.3) is 0 Å². The molecule has 0 bridgehead atoms. The van der Waals surface area contributed by atoms with Gasteiger partial charge in [0, 0.05) is 6.26 Å². The van der Waals surface area contributed by atoms with Gasteiger partial charge in [-0.1, -0.05) is 30.7 Å². The molecule has 0 amide bonds. The highest BCUT2D eigenvalue weighted by molar-refractivity contribution is 7.91. The Bertz CT molecular complexity index is 623. The third-order valence-electron chi connectivity index (χ3n) is 5.39. The average Bonchev–Trinajstić information content (AvgIpc) is 2.47. The van der Waals surface area contributed by atoms with Crippen LogP contribution in [0.1, 0.15) is 49.7 Å². The van der Waals surface area contributed by atoms with E-state index in [0.29, 0.717) is 6.42 Å². The molecule has 0 aliphatic heterocycles. The van der Waals surface area contributed by atoms with E-state index in [0.717, 1.165) is 44.1 Å². The molecule has 0 spiro atoms. The van der Waals surface area contributed by atoms with Crippen LogP contribution in [0.15, 0.2) is 24.3 Å². The summed E-state index contributed by atoms with van der Waals surface area (Å²) in [4.78, 5) is 0. The van der Waals surface area contributed by atoms with E-state index in [1.54, 1.807) is 0 Å². The highest BCUT2D eigenvalue weighted by Gasteiger charge is 2.44. The van der Waals surface area contributed by atoms with Gasteiger partial charge in [-0.15, -0.1) is 0 Å². The summed E-state index contributed by atoms with van der Waals surface area (Å²) in [6.07, 6.45) is 7.25. The molecule has 0 aromatic heterocycles. The summed E-state index contributed by atoms with van der Waals surface area (Å²) in [6, 6.07) is 8.12. The van der Waals surface area contributed by atoms with Gasteiger partial charge in [-0.05, 0) is 55.6 Å². The second-order valence-electron chi connectivity index (χ2n) is 6.75. The van der Waals surface area contributed by atoms with Gasteiger partial charge in [-0.25, -0.2) is 8.42 Å². The fourth-order valence-corrected chi connectivity index (χ4v) is 5.41. The van der Waals surface area contributed by atoms with E-state index in [4.69, 9.17) is 0 Å². The Morgan fingerprint density at radius 2 is 1.95 bits per heavy atom. The predicted molar refractivity (Wildman–Crippen MR) is 83.9 cm³/mol.